The molecule has 1 rings (SSSR count). The summed E-state index contributed by atoms with van der Waals surface area (Å²) in [7, 11) is 0. The number of hydrogen-bond donors (Lipinski definition) is 1. The van der Waals surface area contributed by atoms with Crippen LogP contribution in [0.4, 0.5) is 4.39 Å². The van der Waals surface area contributed by atoms with E-state index < -0.39 is 5.82 Å². The third kappa shape index (κ3) is 3.22. The van der Waals surface area contributed by atoms with Crippen molar-refractivity contribution in [2.45, 2.75) is 31.3 Å². The largest absolute Gasteiger partial charge is 0.505 e. The fourth-order valence-electron chi connectivity index (χ4n) is 0.972. The first-order valence-corrected chi connectivity index (χ1v) is 5.49. The molecule has 0 heterocycles. The minimum Gasteiger partial charge on any atom is -0.505 e. The van der Waals surface area contributed by atoms with Gasteiger partial charge in [0.25, 0.3) is 0 Å². The Balaban J connectivity index is 2.73. The molecule has 0 amide bonds. The molecule has 0 radical (unpaired) electrons. The molecule has 0 aliphatic carbocycles. The summed E-state index contributed by atoms with van der Waals surface area (Å²) < 4.78 is 13.4. The fourth-order valence-corrected chi connectivity index (χ4v) is 1.78. The van der Waals surface area contributed by atoms with Gasteiger partial charge in [-0.2, -0.15) is 11.8 Å². The second-order valence-electron chi connectivity index (χ2n) is 4.15. The van der Waals surface area contributed by atoms with Gasteiger partial charge in [0.2, 0.25) is 0 Å². The summed E-state index contributed by atoms with van der Waals surface area (Å²) in [5, 5.41) is 9.15. The number of hydrogen-bond acceptors (Lipinski definition) is 2. The van der Waals surface area contributed by atoms with E-state index in [1.54, 1.807) is 23.9 Å². The maximum absolute atomic E-state index is 13.3. The van der Waals surface area contributed by atoms with Gasteiger partial charge in [0.05, 0.1) is 0 Å². The molecule has 0 aliphatic rings. The Hall–Kier alpha value is -0.700. The standard InChI is InChI=1S/C11H15FOS/c1-11(2,3)14-7-8-5-4-6-9(13)10(8)12/h4-6,13H,7H2,1-3H3. The molecule has 0 saturated heterocycles. The Morgan fingerprint density at radius 2 is 2.00 bits per heavy atom. The van der Waals surface area contributed by atoms with Gasteiger partial charge in [-0.05, 0) is 6.07 Å². The van der Waals surface area contributed by atoms with Crippen LogP contribution in [0.1, 0.15) is 26.3 Å². The van der Waals surface area contributed by atoms with E-state index in [9.17, 15) is 4.39 Å². The number of benzene rings is 1. The molecule has 0 bridgehead atoms. The molecule has 78 valence electrons. The van der Waals surface area contributed by atoms with Crippen molar-refractivity contribution in [3.8, 4) is 5.75 Å². The summed E-state index contributed by atoms with van der Waals surface area (Å²) in [6, 6.07) is 4.73. The van der Waals surface area contributed by atoms with Crippen LogP contribution in [0.3, 0.4) is 0 Å². The second-order valence-corrected chi connectivity index (χ2v) is 5.95. The lowest BCUT2D eigenvalue weighted by atomic mass is 10.2. The van der Waals surface area contributed by atoms with Gasteiger partial charge in [0, 0.05) is 16.1 Å². The normalized spacial score (nSPS) is 11.7. The van der Waals surface area contributed by atoms with Crippen molar-refractivity contribution in [1.82, 2.24) is 0 Å². The number of halogens is 1. The molecule has 1 N–H and O–H groups in total. The van der Waals surface area contributed by atoms with Gasteiger partial charge in [-0.15, -0.1) is 0 Å². The van der Waals surface area contributed by atoms with Gasteiger partial charge in [-0.1, -0.05) is 32.9 Å². The number of phenols is 1. The second kappa shape index (κ2) is 4.22. The molecular formula is C11H15FOS. The summed E-state index contributed by atoms with van der Waals surface area (Å²) in [4.78, 5) is 0. The van der Waals surface area contributed by atoms with Crippen LogP contribution in [-0.4, -0.2) is 9.85 Å². The van der Waals surface area contributed by atoms with E-state index in [1.165, 1.54) is 6.07 Å². The molecule has 0 fully saturated rings. The summed E-state index contributed by atoms with van der Waals surface area (Å²) in [5.41, 5.74) is 0.560. The molecule has 0 aromatic heterocycles. The van der Waals surface area contributed by atoms with Gasteiger partial charge in [-0.25, -0.2) is 4.39 Å². The Morgan fingerprint density at radius 3 is 2.57 bits per heavy atom. The Labute approximate surface area is 88.3 Å². The van der Waals surface area contributed by atoms with E-state index in [2.05, 4.69) is 20.8 Å². The van der Waals surface area contributed by atoms with Crippen LogP contribution in [0, 0.1) is 5.82 Å². The summed E-state index contributed by atoms with van der Waals surface area (Å²) >= 11 is 1.66. The van der Waals surface area contributed by atoms with Crippen molar-refractivity contribution in [3.05, 3.63) is 29.6 Å². The maximum atomic E-state index is 13.3. The molecular weight excluding hydrogens is 199 g/mol. The van der Waals surface area contributed by atoms with Crippen LogP contribution in [0.15, 0.2) is 18.2 Å². The average Bonchev–Trinajstić information content (AvgIpc) is 2.06. The molecule has 3 heteroatoms. The third-order valence-electron chi connectivity index (χ3n) is 1.72. The van der Waals surface area contributed by atoms with Gasteiger partial charge < -0.3 is 5.11 Å². The molecule has 0 unspecified atom stereocenters. The van der Waals surface area contributed by atoms with Crippen LogP contribution < -0.4 is 0 Å². The maximum Gasteiger partial charge on any atom is 0.168 e. The van der Waals surface area contributed by atoms with E-state index in [4.69, 9.17) is 5.11 Å². The lowest BCUT2D eigenvalue weighted by Gasteiger charge is -2.17. The monoisotopic (exact) mass is 214 g/mol. The SMILES string of the molecule is CC(C)(C)SCc1cccc(O)c1F. The zero-order valence-electron chi connectivity index (χ0n) is 8.67. The Bertz CT molecular complexity index is 318. The topological polar surface area (TPSA) is 20.2 Å². The first kappa shape index (κ1) is 11.4. The lowest BCUT2D eigenvalue weighted by molar-refractivity contribution is 0.430. The third-order valence-corrected chi connectivity index (χ3v) is 3.04. The van der Waals surface area contributed by atoms with E-state index in [1.807, 2.05) is 0 Å². The quantitative estimate of drug-likeness (QED) is 0.812. The molecule has 1 nitrogen and oxygen atoms in total. The van der Waals surface area contributed by atoms with Gasteiger partial charge in [0.1, 0.15) is 0 Å². The number of thioether (sulfide) groups is 1. The fraction of sp³-hybridized carbons (Fsp3) is 0.455. The number of phenolic OH excluding ortho intramolecular Hbond substituents is 1. The molecule has 0 aliphatic heterocycles. The van der Waals surface area contributed by atoms with Crippen molar-refractivity contribution in [3.63, 3.8) is 0 Å². The van der Waals surface area contributed by atoms with Crippen LogP contribution in [0.2, 0.25) is 0 Å². The van der Waals surface area contributed by atoms with Gasteiger partial charge in [-0.3, -0.25) is 0 Å². The number of rotatable bonds is 2. The molecule has 0 spiro atoms. The summed E-state index contributed by atoms with van der Waals surface area (Å²) in [5.74, 6) is -0.176. The van der Waals surface area contributed by atoms with Crippen LogP contribution in [-0.2, 0) is 5.75 Å². The minimum atomic E-state index is -0.496. The zero-order chi connectivity index (χ0) is 10.8. The highest BCUT2D eigenvalue weighted by atomic mass is 32.2. The summed E-state index contributed by atoms with van der Waals surface area (Å²) in [6.07, 6.45) is 0. The van der Waals surface area contributed by atoms with E-state index >= 15 is 0 Å². The first-order valence-electron chi connectivity index (χ1n) is 4.50. The van der Waals surface area contributed by atoms with Crippen LogP contribution >= 0.6 is 11.8 Å². The summed E-state index contributed by atoms with van der Waals surface area (Å²) in [6.45, 7) is 6.25. The Morgan fingerprint density at radius 1 is 1.36 bits per heavy atom. The highest BCUT2D eigenvalue weighted by Gasteiger charge is 2.13. The van der Waals surface area contributed by atoms with Crippen LogP contribution in [0.25, 0.3) is 0 Å². The van der Waals surface area contributed by atoms with Crippen LogP contribution in [0.5, 0.6) is 5.75 Å². The molecule has 0 atom stereocenters. The molecule has 1 aromatic carbocycles. The highest BCUT2D eigenvalue weighted by Crippen LogP contribution is 2.29. The smallest absolute Gasteiger partial charge is 0.168 e. The van der Waals surface area contributed by atoms with Crippen molar-refractivity contribution in [2.75, 3.05) is 0 Å². The first-order chi connectivity index (χ1) is 6.40. The van der Waals surface area contributed by atoms with Crippen molar-refractivity contribution < 1.29 is 9.50 Å². The van der Waals surface area contributed by atoms with E-state index in [0.29, 0.717) is 11.3 Å². The number of aromatic hydroxyl groups is 1. The Kier molecular flexibility index (Phi) is 3.43. The average molecular weight is 214 g/mol. The predicted octanol–water partition coefficient (Wildman–Crippen LogP) is 3.56. The van der Waals surface area contributed by atoms with Gasteiger partial charge in [0.15, 0.2) is 11.6 Å². The highest BCUT2D eigenvalue weighted by molar-refractivity contribution is 7.99. The molecule has 1 aromatic rings. The zero-order valence-corrected chi connectivity index (χ0v) is 9.49. The lowest BCUT2D eigenvalue weighted by Crippen LogP contribution is -2.07. The molecule has 14 heavy (non-hydrogen) atoms. The minimum absolute atomic E-state index is 0.109. The van der Waals surface area contributed by atoms with Gasteiger partial charge >= 0.3 is 0 Å². The molecule has 0 saturated carbocycles. The van der Waals surface area contributed by atoms with E-state index in [0.717, 1.165) is 0 Å². The van der Waals surface area contributed by atoms with Crippen molar-refractivity contribution in [2.24, 2.45) is 0 Å². The van der Waals surface area contributed by atoms with E-state index in [-0.39, 0.29) is 10.5 Å². The predicted molar refractivity (Wildman–Crippen MR) is 59.1 cm³/mol. The van der Waals surface area contributed by atoms with Crippen molar-refractivity contribution >= 4 is 11.8 Å². The van der Waals surface area contributed by atoms with Crippen molar-refractivity contribution in [1.29, 1.82) is 0 Å².